The number of nitrogens with one attached hydrogen (secondary N) is 1. The zero-order valence-corrected chi connectivity index (χ0v) is 9.55. The average Bonchev–Trinajstić information content (AvgIpc) is 2.62. The first-order valence-electron chi connectivity index (χ1n) is 5.18. The number of likely N-dealkylation sites (N-methyl/N-ethyl adjacent to an activating group) is 1. The molecule has 3 nitrogen and oxygen atoms in total. The Balaban J connectivity index is 2.03. The lowest BCUT2D eigenvalue weighted by Gasteiger charge is -2.40. The van der Waals surface area contributed by atoms with Gasteiger partial charge < -0.3 is 5.32 Å². The third-order valence-corrected chi connectivity index (χ3v) is 3.85. The third kappa shape index (κ3) is 1.82. The van der Waals surface area contributed by atoms with E-state index in [2.05, 4.69) is 34.4 Å². The molecule has 2 rings (SSSR count). The summed E-state index contributed by atoms with van der Waals surface area (Å²) >= 11 is 1.75. The molecule has 1 fully saturated rings. The van der Waals surface area contributed by atoms with Gasteiger partial charge in [0, 0.05) is 30.7 Å². The molecule has 1 atom stereocenters. The predicted molar refractivity (Wildman–Crippen MR) is 59.6 cm³/mol. The van der Waals surface area contributed by atoms with Gasteiger partial charge >= 0.3 is 0 Å². The first-order chi connectivity index (χ1) is 6.83. The molecule has 0 bridgehead atoms. The van der Waals surface area contributed by atoms with Crippen molar-refractivity contribution >= 4 is 11.3 Å². The first kappa shape index (κ1) is 10.1. The molecule has 0 amide bonds. The molecule has 4 heteroatoms. The fraction of sp³-hybridized carbons (Fsp3) is 0.700. The van der Waals surface area contributed by atoms with E-state index in [-0.39, 0.29) is 0 Å². The lowest BCUT2D eigenvalue weighted by molar-refractivity contribution is 0.109. The summed E-state index contributed by atoms with van der Waals surface area (Å²) < 4.78 is 0. The number of hydrogen-bond acceptors (Lipinski definition) is 4. The van der Waals surface area contributed by atoms with Crippen LogP contribution in [0.5, 0.6) is 0 Å². The van der Waals surface area contributed by atoms with E-state index < -0.39 is 0 Å². The molecule has 78 valence electrons. The highest BCUT2D eigenvalue weighted by molar-refractivity contribution is 7.09. The first-order valence-corrected chi connectivity index (χ1v) is 6.06. The van der Waals surface area contributed by atoms with E-state index >= 15 is 0 Å². The zero-order chi connectivity index (χ0) is 9.97. The van der Waals surface area contributed by atoms with Crippen molar-refractivity contribution in [2.75, 3.05) is 19.6 Å². The molecule has 2 heterocycles. The van der Waals surface area contributed by atoms with Crippen LogP contribution in [0.4, 0.5) is 0 Å². The number of hydrogen-bond donors (Lipinski definition) is 1. The highest BCUT2D eigenvalue weighted by Crippen LogP contribution is 2.24. The molecule has 0 spiro atoms. The van der Waals surface area contributed by atoms with Crippen LogP contribution in [0.25, 0.3) is 0 Å². The van der Waals surface area contributed by atoms with Crippen molar-refractivity contribution in [3.8, 4) is 0 Å². The molecular formula is C10H17N3S. The van der Waals surface area contributed by atoms with E-state index in [1.54, 1.807) is 11.3 Å². The monoisotopic (exact) mass is 211 g/mol. The Hall–Kier alpha value is -0.450. The van der Waals surface area contributed by atoms with E-state index in [4.69, 9.17) is 0 Å². The van der Waals surface area contributed by atoms with Gasteiger partial charge in [-0.1, -0.05) is 6.92 Å². The fourth-order valence-electron chi connectivity index (χ4n) is 1.94. The molecule has 1 aliphatic rings. The molecule has 0 saturated carbocycles. The van der Waals surface area contributed by atoms with Crippen LogP contribution in [0, 0.1) is 0 Å². The molecule has 1 N–H and O–H groups in total. The second-order valence-corrected chi connectivity index (χ2v) is 4.61. The summed E-state index contributed by atoms with van der Waals surface area (Å²) in [5, 5.41) is 6.61. The lowest BCUT2D eigenvalue weighted by atomic mass is 10.1. The van der Waals surface area contributed by atoms with Crippen molar-refractivity contribution in [3.05, 3.63) is 16.6 Å². The lowest BCUT2D eigenvalue weighted by Crippen LogP contribution is -2.57. The molecular weight excluding hydrogens is 194 g/mol. The average molecular weight is 211 g/mol. The molecule has 1 aliphatic heterocycles. The van der Waals surface area contributed by atoms with Crippen molar-refractivity contribution in [2.45, 2.75) is 25.9 Å². The van der Waals surface area contributed by atoms with E-state index in [1.807, 2.05) is 6.20 Å². The largest absolute Gasteiger partial charge is 0.314 e. The van der Waals surface area contributed by atoms with Gasteiger partial charge in [-0.05, 0) is 13.5 Å². The summed E-state index contributed by atoms with van der Waals surface area (Å²) in [4.78, 5) is 6.91. The molecule has 0 radical (unpaired) electrons. The summed E-state index contributed by atoms with van der Waals surface area (Å²) in [6.07, 6.45) is 1.89. The SMILES string of the molecule is CCN(C1CNC1)C(C)c1nccs1. The Bertz CT molecular complexity index is 269. The number of rotatable bonds is 4. The van der Waals surface area contributed by atoms with Crippen molar-refractivity contribution in [3.63, 3.8) is 0 Å². The van der Waals surface area contributed by atoms with Gasteiger partial charge in [-0.15, -0.1) is 11.3 Å². The smallest absolute Gasteiger partial charge is 0.109 e. The van der Waals surface area contributed by atoms with Crippen LogP contribution in [-0.4, -0.2) is 35.6 Å². The van der Waals surface area contributed by atoms with Crippen LogP contribution < -0.4 is 5.32 Å². The van der Waals surface area contributed by atoms with Crippen LogP contribution in [0.2, 0.25) is 0 Å². The van der Waals surface area contributed by atoms with Gasteiger partial charge in [-0.3, -0.25) is 4.90 Å². The van der Waals surface area contributed by atoms with Crippen molar-refractivity contribution in [2.24, 2.45) is 0 Å². The summed E-state index contributed by atoms with van der Waals surface area (Å²) in [5.74, 6) is 0. The number of nitrogens with zero attached hydrogens (tertiary/aromatic N) is 2. The maximum atomic E-state index is 4.38. The Morgan fingerprint density at radius 3 is 2.93 bits per heavy atom. The highest BCUT2D eigenvalue weighted by atomic mass is 32.1. The normalized spacial score (nSPS) is 19.6. The number of thiazole rings is 1. The van der Waals surface area contributed by atoms with Crippen LogP contribution in [-0.2, 0) is 0 Å². The Morgan fingerprint density at radius 1 is 1.71 bits per heavy atom. The Kier molecular flexibility index (Phi) is 3.15. The van der Waals surface area contributed by atoms with Crippen molar-refractivity contribution in [1.29, 1.82) is 0 Å². The summed E-state index contributed by atoms with van der Waals surface area (Å²) in [6, 6.07) is 1.17. The zero-order valence-electron chi connectivity index (χ0n) is 8.73. The quantitative estimate of drug-likeness (QED) is 0.818. The minimum atomic E-state index is 0.465. The molecule has 14 heavy (non-hydrogen) atoms. The predicted octanol–water partition coefficient (Wildman–Crippen LogP) is 1.50. The van der Waals surface area contributed by atoms with Gasteiger partial charge in [-0.25, -0.2) is 4.98 Å². The van der Waals surface area contributed by atoms with Gasteiger partial charge in [-0.2, -0.15) is 0 Å². The van der Waals surface area contributed by atoms with Gasteiger partial charge in [0.1, 0.15) is 5.01 Å². The molecule has 1 unspecified atom stereocenters. The van der Waals surface area contributed by atoms with Gasteiger partial charge in [0.25, 0.3) is 0 Å². The van der Waals surface area contributed by atoms with E-state index in [0.717, 1.165) is 19.6 Å². The van der Waals surface area contributed by atoms with E-state index in [9.17, 15) is 0 Å². The van der Waals surface area contributed by atoms with Crippen molar-refractivity contribution in [1.82, 2.24) is 15.2 Å². The highest BCUT2D eigenvalue weighted by Gasteiger charge is 2.28. The van der Waals surface area contributed by atoms with Gasteiger partial charge in [0.05, 0.1) is 6.04 Å². The second-order valence-electron chi connectivity index (χ2n) is 3.69. The van der Waals surface area contributed by atoms with Crippen LogP contribution in [0.15, 0.2) is 11.6 Å². The molecule has 1 aromatic rings. The molecule has 1 aromatic heterocycles. The van der Waals surface area contributed by atoms with Crippen molar-refractivity contribution < 1.29 is 0 Å². The molecule has 1 saturated heterocycles. The van der Waals surface area contributed by atoms with Gasteiger partial charge in [0.2, 0.25) is 0 Å². The topological polar surface area (TPSA) is 28.2 Å². The Morgan fingerprint density at radius 2 is 2.50 bits per heavy atom. The minimum absolute atomic E-state index is 0.465. The number of aromatic nitrogens is 1. The second kappa shape index (κ2) is 4.38. The van der Waals surface area contributed by atoms with Crippen LogP contribution in [0.3, 0.4) is 0 Å². The maximum Gasteiger partial charge on any atom is 0.109 e. The maximum absolute atomic E-state index is 4.38. The third-order valence-electron chi connectivity index (χ3n) is 2.90. The van der Waals surface area contributed by atoms with Crippen LogP contribution >= 0.6 is 11.3 Å². The van der Waals surface area contributed by atoms with E-state index in [1.165, 1.54) is 5.01 Å². The summed E-state index contributed by atoms with van der Waals surface area (Å²) in [7, 11) is 0. The van der Waals surface area contributed by atoms with Gasteiger partial charge in [0.15, 0.2) is 0 Å². The fourth-order valence-corrected chi connectivity index (χ4v) is 2.65. The minimum Gasteiger partial charge on any atom is -0.314 e. The van der Waals surface area contributed by atoms with E-state index in [0.29, 0.717) is 12.1 Å². The summed E-state index contributed by atoms with van der Waals surface area (Å²) in [5.41, 5.74) is 0. The van der Waals surface area contributed by atoms with Crippen LogP contribution in [0.1, 0.15) is 24.9 Å². The Labute approximate surface area is 89.1 Å². The standard InChI is InChI=1S/C10H17N3S/c1-3-13(9-6-11-7-9)8(2)10-12-4-5-14-10/h4-5,8-9,11H,3,6-7H2,1-2H3. The molecule has 0 aliphatic carbocycles. The molecule has 0 aromatic carbocycles. The summed E-state index contributed by atoms with van der Waals surface area (Å²) in [6.45, 7) is 7.84.